The normalized spacial score (nSPS) is 27.7. The van der Waals surface area contributed by atoms with Crippen molar-refractivity contribution in [2.45, 2.75) is 38.1 Å². The highest BCUT2D eigenvalue weighted by Gasteiger charge is 2.50. The number of hydrogen-bond acceptors (Lipinski definition) is 5. The lowest BCUT2D eigenvalue weighted by molar-refractivity contribution is -0.139. The van der Waals surface area contributed by atoms with E-state index in [9.17, 15) is 4.79 Å². The molecular formula is C19H24N4O2. The molecule has 25 heavy (non-hydrogen) atoms. The Labute approximate surface area is 148 Å². The number of nitrogens with zero attached hydrogens (tertiary/aromatic N) is 4. The van der Waals surface area contributed by atoms with E-state index in [1.54, 1.807) is 12.3 Å². The van der Waals surface area contributed by atoms with Crippen molar-refractivity contribution in [2.24, 2.45) is 5.41 Å². The molecule has 1 atom stereocenters. The average molecular weight is 340 g/mol. The van der Waals surface area contributed by atoms with E-state index in [0.29, 0.717) is 17.5 Å². The number of rotatable bonds is 2. The fraction of sp³-hybridized carbons (Fsp3) is 0.632. The summed E-state index contributed by atoms with van der Waals surface area (Å²) in [6.07, 6.45) is 6.45. The van der Waals surface area contributed by atoms with Crippen LogP contribution in [0.4, 0.5) is 5.82 Å². The zero-order valence-electron chi connectivity index (χ0n) is 14.5. The molecule has 0 saturated carbocycles. The Morgan fingerprint density at radius 1 is 1.24 bits per heavy atom. The van der Waals surface area contributed by atoms with Gasteiger partial charge in [0, 0.05) is 45.1 Å². The Bertz CT molecular complexity index is 678. The van der Waals surface area contributed by atoms with Crippen LogP contribution in [-0.2, 0) is 9.53 Å². The molecule has 3 aliphatic heterocycles. The Morgan fingerprint density at radius 3 is 2.80 bits per heavy atom. The first-order valence-corrected chi connectivity index (χ1v) is 9.22. The number of anilines is 1. The van der Waals surface area contributed by atoms with Gasteiger partial charge in [-0.1, -0.05) is 0 Å². The summed E-state index contributed by atoms with van der Waals surface area (Å²) in [7, 11) is 0. The molecule has 1 aromatic heterocycles. The topological polar surface area (TPSA) is 69.5 Å². The summed E-state index contributed by atoms with van der Waals surface area (Å²) in [5.41, 5.74) is 0.310. The summed E-state index contributed by atoms with van der Waals surface area (Å²) in [5, 5.41) is 8.93. The van der Waals surface area contributed by atoms with Gasteiger partial charge in [-0.25, -0.2) is 4.98 Å². The van der Waals surface area contributed by atoms with Gasteiger partial charge in [-0.05, 0) is 44.2 Å². The van der Waals surface area contributed by atoms with Gasteiger partial charge in [0.2, 0.25) is 5.91 Å². The Kier molecular flexibility index (Phi) is 4.34. The monoisotopic (exact) mass is 340 g/mol. The van der Waals surface area contributed by atoms with Gasteiger partial charge in [0.15, 0.2) is 0 Å². The molecule has 0 unspecified atom stereocenters. The number of amides is 1. The standard InChI is InChI=1S/C19H24N4O2/c20-12-15-2-3-17(21-13-15)22-8-1-6-19(14-22)7-9-23(18(19)24)16-4-10-25-11-5-16/h2-3,13,16H,1,4-11,14H2/t19-/m1/s1. The number of likely N-dealkylation sites (tertiary alicyclic amines) is 1. The zero-order chi connectivity index (χ0) is 17.3. The third-order valence-corrected chi connectivity index (χ3v) is 5.96. The number of pyridine rings is 1. The highest BCUT2D eigenvalue weighted by Crippen LogP contribution is 2.42. The summed E-state index contributed by atoms with van der Waals surface area (Å²) in [6, 6.07) is 6.15. The van der Waals surface area contributed by atoms with Crippen LogP contribution < -0.4 is 4.90 Å². The van der Waals surface area contributed by atoms with E-state index in [0.717, 1.165) is 70.8 Å². The third kappa shape index (κ3) is 2.98. The van der Waals surface area contributed by atoms with E-state index >= 15 is 0 Å². The predicted molar refractivity (Wildman–Crippen MR) is 93.0 cm³/mol. The summed E-state index contributed by atoms with van der Waals surface area (Å²) < 4.78 is 5.45. The molecule has 1 amide bonds. The van der Waals surface area contributed by atoms with Crippen LogP contribution in [0.3, 0.4) is 0 Å². The van der Waals surface area contributed by atoms with Gasteiger partial charge in [0.25, 0.3) is 0 Å². The molecular weight excluding hydrogens is 316 g/mol. The molecule has 0 aliphatic carbocycles. The molecule has 132 valence electrons. The summed E-state index contributed by atoms with van der Waals surface area (Å²) in [4.78, 5) is 22.0. The number of carbonyl (C=O) groups excluding carboxylic acids is 1. The van der Waals surface area contributed by atoms with Crippen LogP contribution in [0.1, 0.15) is 37.7 Å². The first-order valence-electron chi connectivity index (χ1n) is 9.22. The molecule has 4 rings (SSSR count). The predicted octanol–water partition coefficient (Wildman–Crippen LogP) is 1.95. The third-order valence-electron chi connectivity index (χ3n) is 5.96. The van der Waals surface area contributed by atoms with Crippen LogP contribution in [0.5, 0.6) is 0 Å². The number of aromatic nitrogens is 1. The molecule has 3 saturated heterocycles. The largest absolute Gasteiger partial charge is 0.381 e. The second-order valence-corrected chi connectivity index (χ2v) is 7.41. The Hall–Kier alpha value is -2.13. The van der Waals surface area contributed by atoms with Crippen LogP contribution in [0, 0.1) is 16.7 Å². The molecule has 6 nitrogen and oxygen atoms in total. The van der Waals surface area contributed by atoms with Crippen LogP contribution in [0.15, 0.2) is 18.3 Å². The van der Waals surface area contributed by atoms with Crippen molar-refractivity contribution in [1.82, 2.24) is 9.88 Å². The van der Waals surface area contributed by atoms with Crippen LogP contribution in [0.25, 0.3) is 0 Å². The molecule has 0 aromatic carbocycles. The van der Waals surface area contributed by atoms with Crippen molar-refractivity contribution in [3.05, 3.63) is 23.9 Å². The zero-order valence-corrected chi connectivity index (χ0v) is 14.5. The van der Waals surface area contributed by atoms with Gasteiger partial charge in [-0.2, -0.15) is 5.26 Å². The maximum Gasteiger partial charge on any atom is 0.230 e. The van der Waals surface area contributed by atoms with Crippen LogP contribution in [0.2, 0.25) is 0 Å². The average Bonchev–Trinajstić information content (AvgIpc) is 2.98. The van der Waals surface area contributed by atoms with E-state index in [4.69, 9.17) is 10.00 Å². The number of piperidine rings is 1. The first kappa shape index (κ1) is 16.3. The minimum absolute atomic E-state index is 0.258. The smallest absolute Gasteiger partial charge is 0.230 e. The number of carbonyl (C=O) groups is 1. The minimum Gasteiger partial charge on any atom is -0.381 e. The fourth-order valence-corrected chi connectivity index (χ4v) is 4.54. The molecule has 1 spiro atoms. The number of ether oxygens (including phenoxy) is 1. The number of hydrogen-bond donors (Lipinski definition) is 0. The minimum atomic E-state index is -0.258. The van der Waals surface area contributed by atoms with E-state index in [-0.39, 0.29) is 5.41 Å². The molecule has 0 N–H and O–H groups in total. The van der Waals surface area contributed by atoms with E-state index in [1.165, 1.54) is 0 Å². The Morgan fingerprint density at radius 2 is 2.08 bits per heavy atom. The highest BCUT2D eigenvalue weighted by molar-refractivity contribution is 5.86. The lowest BCUT2D eigenvalue weighted by atomic mass is 9.78. The van der Waals surface area contributed by atoms with Gasteiger partial charge in [-0.3, -0.25) is 4.79 Å². The summed E-state index contributed by atoms with van der Waals surface area (Å²) in [5.74, 6) is 1.20. The second kappa shape index (κ2) is 6.64. The molecule has 0 bridgehead atoms. The maximum atomic E-state index is 13.3. The van der Waals surface area contributed by atoms with Crippen molar-refractivity contribution >= 4 is 11.7 Å². The van der Waals surface area contributed by atoms with Gasteiger partial charge in [0.05, 0.1) is 11.0 Å². The molecule has 0 radical (unpaired) electrons. The van der Waals surface area contributed by atoms with Crippen molar-refractivity contribution in [3.8, 4) is 6.07 Å². The molecule has 4 heterocycles. The highest BCUT2D eigenvalue weighted by atomic mass is 16.5. The quantitative estimate of drug-likeness (QED) is 0.823. The van der Waals surface area contributed by atoms with Crippen molar-refractivity contribution in [1.29, 1.82) is 5.26 Å². The van der Waals surface area contributed by atoms with E-state index in [2.05, 4.69) is 20.9 Å². The SMILES string of the molecule is N#Cc1ccc(N2CCC[C@@]3(CCN(C4CCOCC4)C3=O)C2)nc1. The lowest BCUT2D eigenvalue weighted by Crippen LogP contribution is -2.50. The maximum absolute atomic E-state index is 13.3. The fourth-order valence-electron chi connectivity index (χ4n) is 4.54. The van der Waals surface area contributed by atoms with Gasteiger partial charge < -0.3 is 14.5 Å². The molecule has 3 aliphatic rings. The van der Waals surface area contributed by atoms with Crippen molar-refractivity contribution in [3.63, 3.8) is 0 Å². The lowest BCUT2D eigenvalue weighted by Gasteiger charge is -2.40. The molecule has 3 fully saturated rings. The van der Waals surface area contributed by atoms with Crippen molar-refractivity contribution in [2.75, 3.05) is 37.7 Å². The Balaban J connectivity index is 1.50. The number of nitriles is 1. The van der Waals surface area contributed by atoms with E-state index in [1.807, 2.05) is 6.07 Å². The first-order chi connectivity index (χ1) is 12.2. The van der Waals surface area contributed by atoms with Gasteiger partial charge in [0.1, 0.15) is 11.9 Å². The molecule has 6 heteroatoms. The van der Waals surface area contributed by atoms with E-state index < -0.39 is 0 Å². The van der Waals surface area contributed by atoms with Gasteiger partial charge in [-0.15, -0.1) is 0 Å². The van der Waals surface area contributed by atoms with Crippen LogP contribution in [-0.4, -0.2) is 54.7 Å². The summed E-state index contributed by atoms with van der Waals surface area (Å²) >= 11 is 0. The van der Waals surface area contributed by atoms with Gasteiger partial charge >= 0.3 is 0 Å². The summed E-state index contributed by atoms with van der Waals surface area (Å²) in [6.45, 7) is 4.07. The van der Waals surface area contributed by atoms with Crippen molar-refractivity contribution < 1.29 is 9.53 Å². The van der Waals surface area contributed by atoms with Crippen LogP contribution >= 0.6 is 0 Å². The molecule has 1 aromatic rings. The second-order valence-electron chi connectivity index (χ2n) is 7.41.